The van der Waals surface area contributed by atoms with Crippen molar-refractivity contribution in [2.75, 3.05) is 51.3 Å². The van der Waals surface area contributed by atoms with Gasteiger partial charge in [-0.15, -0.1) is 0 Å². The molecular formula is C24H28ClN3O3. The molecule has 2 saturated heterocycles. The molecule has 0 N–H and O–H groups in total. The highest BCUT2D eigenvalue weighted by Gasteiger charge is 2.33. The van der Waals surface area contributed by atoms with Crippen molar-refractivity contribution >= 4 is 29.1 Å². The highest BCUT2D eigenvalue weighted by atomic mass is 35.5. The number of carbonyl (C=O) groups is 2. The number of likely N-dealkylation sites (tertiary alicyclic amines) is 1. The van der Waals surface area contributed by atoms with Crippen LogP contribution >= 0.6 is 11.6 Å². The number of carbonyl (C=O) groups excluding carboxylic acids is 2. The molecule has 6 nitrogen and oxygen atoms in total. The summed E-state index contributed by atoms with van der Waals surface area (Å²) in [5, 5.41) is 0.608. The maximum Gasteiger partial charge on any atom is 0.253 e. The Morgan fingerprint density at radius 1 is 0.968 bits per heavy atom. The normalized spacial score (nSPS) is 19.3. The number of piperidine rings is 1. The number of methoxy groups -OCH3 is 1. The molecule has 1 atom stereocenters. The number of rotatable bonds is 4. The molecule has 0 saturated carbocycles. The first-order chi connectivity index (χ1) is 15.0. The molecular weight excluding hydrogens is 414 g/mol. The summed E-state index contributed by atoms with van der Waals surface area (Å²) in [5.41, 5.74) is 1.73. The summed E-state index contributed by atoms with van der Waals surface area (Å²) in [6.45, 7) is 4.14. The summed E-state index contributed by atoms with van der Waals surface area (Å²) in [6.07, 6.45) is 1.68. The lowest BCUT2D eigenvalue weighted by molar-refractivity contribution is -0.137. The number of hydrogen-bond acceptors (Lipinski definition) is 4. The van der Waals surface area contributed by atoms with E-state index in [2.05, 4.69) is 11.0 Å². The summed E-state index contributed by atoms with van der Waals surface area (Å²) in [5.74, 6) is 0.841. The van der Waals surface area contributed by atoms with E-state index in [4.69, 9.17) is 16.3 Å². The van der Waals surface area contributed by atoms with E-state index < -0.39 is 0 Å². The van der Waals surface area contributed by atoms with Gasteiger partial charge < -0.3 is 19.4 Å². The molecule has 7 heteroatoms. The molecule has 2 aliphatic heterocycles. The van der Waals surface area contributed by atoms with Crippen LogP contribution in [0.1, 0.15) is 23.2 Å². The molecule has 2 fully saturated rings. The second kappa shape index (κ2) is 9.60. The van der Waals surface area contributed by atoms with E-state index >= 15 is 0 Å². The Balaban J connectivity index is 1.34. The quantitative estimate of drug-likeness (QED) is 0.728. The van der Waals surface area contributed by atoms with Crippen molar-refractivity contribution in [2.24, 2.45) is 5.92 Å². The minimum absolute atomic E-state index is 0.0305. The Hall–Kier alpha value is -2.73. The Morgan fingerprint density at radius 3 is 2.42 bits per heavy atom. The third kappa shape index (κ3) is 4.96. The Bertz CT molecular complexity index is 926. The minimum atomic E-state index is -0.131. The molecule has 2 heterocycles. The van der Waals surface area contributed by atoms with Crippen LogP contribution in [-0.2, 0) is 4.79 Å². The van der Waals surface area contributed by atoms with Crippen molar-refractivity contribution in [3.8, 4) is 5.75 Å². The number of benzene rings is 2. The van der Waals surface area contributed by atoms with Crippen LogP contribution in [0.3, 0.4) is 0 Å². The van der Waals surface area contributed by atoms with E-state index in [9.17, 15) is 9.59 Å². The number of ether oxygens (including phenoxy) is 1. The molecule has 0 bridgehead atoms. The summed E-state index contributed by atoms with van der Waals surface area (Å²) in [6, 6.07) is 15.0. The van der Waals surface area contributed by atoms with Crippen LogP contribution < -0.4 is 9.64 Å². The number of hydrogen-bond donors (Lipinski definition) is 0. The van der Waals surface area contributed by atoms with Crippen LogP contribution in [0.5, 0.6) is 5.75 Å². The molecule has 1 unspecified atom stereocenters. The molecule has 2 aliphatic rings. The van der Waals surface area contributed by atoms with E-state index in [1.807, 2.05) is 28.0 Å². The average molecular weight is 442 g/mol. The van der Waals surface area contributed by atoms with Crippen LogP contribution in [0.4, 0.5) is 5.69 Å². The molecule has 2 aromatic rings. The van der Waals surface area contributed by atoms with Gasteiger partial charge >= 0.3 is 0 Å². The summed E-state index contributed by atoms with van der Waals surface area (Å²) in [7, 11) is 1.67. The molecule has 164 valence electrons. The molecule has 2 aromatic carbocycles. The van der Waals surface area contributed by atoms with Crippen LogP contribution in [0, 0.1) is 5.92 Å². The zero-order valence-corrected chi connectivity index (χ0v) is 18.6. The predicted molar refractivity (Wildman–Crippen MR) is 122 cm³/mol. The lowest BCUT2D eigenvalue weighted by atomic mass is 9.95. The van der Waals surface area contributed by atoms with Gasteiger partial charge in [0.15, 0.2) is 0 Å². The summed E-state index contributed by atoms with van der Waals surface area (Å²) < 4.78 is 5.32. The van der Waals surface area contributed by atoms with Gasteiger partial charge in [0.2, 0.25) is 5.91 Å². The largest absolute Gasteiger partial charge is 0.497 e. The lowest BCUT2D eigenvalue weighted by Crippen LogP contribution is -2.53. The second-order valence-corrected chi connectivity index (χ2v) is 8.55. The first-order valence-corrected chi connectivity index (χ1v) is 11.2. The third-order valence-electron chi connectivity index (χ3n) is 6.16. The van der Waals surface area contributed by atoms with Crippen LogP contribution in [0.25, 0.3) is 0 Å². The molecule has 0 radical (unpaired) electrons. The van der Waals surface area contributed by atoms with Crippen LogP contribution in [0.15, 0.2) is 48.5 Å². The van der Waals surface area contributed by atoms with Gasteiger partial charge in [-0.25, -0.2) is 0 Å². The molecule has 0 spiro atoms. The van der Waals surface area contributed by atoms with Gasteiger partial charge in [-0.2, -0.15) is 0 Å². The maximum atomic E-state index is 13.2. The Labute approximate surface area is 188 Å². The number of halogens is 1. The van der Waals surface area contributed by atoms with Gasteiger partial charge in [-0.1, -0.05) is 17.7 Å². The van der Waals surface area contributed by atoms with Crippen LogP contribution in [-0.4, -0.2) is 68.0 Å². The minimum Gasteiger partial charge on any atom is -0.497 e. The second-order valence-electron chi connectivity index (χ2n) is 8.11. The molecule has 0 aliphatic carbocycles. The van der Waals surface area contributed by atoms with E-state index in [1.165, 1.54) is 0 Å². The van der Waals surface area contributed by atoms with Crippen molar-refractivity contribution < 1.29 is 14.3 Å². The van der Waals surface area contributed by atoms with Crippen molar-refractivity contribution in [1.29, 1.82) is 0 Å². The monoisotopic (exact) mass is 441 g/mol. The third-order valence-corrected chi connectivity index (χ3v) is 6.41. The topological polar surface area (TPSA) is 53.1 Å². The predicted octanol–water partition coefficient (Wildman–Crippen LogP) is 3.55. The fourth-order valence-electron chi connectivity index (χ4n) is 4.39. The Kier molecular flexibility index (Phi) is 6.66. The SMILES string of the molecule is COc1cccc(N2CCN(C(=O)C3CCCN(C(=O)c4ccc(Cl)cc4)C3)CC2)c1. The number of piperazine rings is 1. The number of nitrogens with zero attached hydrogens (tertiary/aromatic N) is 3. The van der Waals surface area contributed by atoms with E-state index in [0.717, 1.165) is 37.4 Å². The standard InChI is InChI=1S/C24H28ClN3O3/c1-31-22-6-2-5-21(16-22)26-12-14-27(15-13-26)24(30)19-4-3-11-28(17-19)23(29)18-7-9-20(25)10-8-18/h2,5-10,16,19H,3-4,11-15,17H2,1H3. The van der Waals surface area contributed by atoms with E-state index in [0.29, 0.717) is 36.8 Å². The van der Waals surface area contributed by atoms with Gasteiger partial charge in [0.05, 0.1) is 13.0 Å². The van der Waals surface area contributed by atoms with Crippen molar-refractivity contribution in [3.63, 3.8) is 0 Å². The fraction of sp³-hybridized carbons (Fsp3) is 0.417. The fourth-order valence-corrected chi connectivity index (χ4v) is 4.51. The van der Waals surface area contributed by atoms with Gasteiger partial charge in [0, 0.05) is 61.6 Å². The van der Waals surface area contributed by atoms with Gasteiger partial charge in [-0.05, 0) is 49.2 Å². The van der Waals surface area contributed by atoms with Crippen molar-refractivity contribution in [3.05, 3.63) is 59.1 Å². The van der Waals surface area contributed by atoms with Gasteiger partial charge in [0.1, 0.15) is 5.75 Å². The van der Waals surface area contributed by atoms with E-state index in [1.54, 1.807) is 31.4 Å². The van der Waals surface area contributed by atoms with Crippen LogP contribution in [0.2, 0.25) is 5.02 Å². The van der Waals surface area contributed by atoms with Crippen molar-refractivity contribution in [2.45, 2.75) is 12.8 Å². The molecule has 4 rings (SSSR count). The molecule has 2 amide bonds. The first-order valence-electron chi connectivity index (χ1n) is 10.8. The number of anilines is 1. The maximum absolute atomic E-state index is 13.2. The highest BCUT2D eigenvalue weighted by Crippen LogP contribution is 2.25. The first kappa shape index (κ1) is 21.5. The van der Waals surface area contributed by atoms with Gasteiger partial charge in [-0.3, -0.25) is 9.59 Å². The lowest BCUT2D eigenvalue weighted by Gasteiger charge is -2.39. The molecule has 0 aromatic heterocycles. The smallest absolute Gasteiger partial charge is 0.253 e. The molecule has 31 heavy (non-hydrogen) atoms. The van der Waals surface area contributed by atoms with Crippen molar-refractivity contribution in [1.82, 2.24) is 9.80 Å². The zero-order chi connectivity index (χ0) is 21.8. The number of amides is 2. The summed E-state index contributed by atoms with van der Waals surface area (Å²) in [4.78, 5) is 32.1. The van der Waals surface area contributed by atoms with Gasteiger partial charge in [0.25, 0.3) is 5.91 Å². The summed E-state index contributed by atoms with van der Waals surface area (Å²) >= 11 is 5.93. The average Bonchev–Trinajstić information content (AvgIpc) is 2.84. The highest BCUT2D eigenvalue weighted by molar-refractivity contribution is 6.30. The Morgan fingerprint density at radius 2 is 1.71 bits per heavy atom. The van der Waals surface area contributed by atoms with E-state index in [-0.39, 0.29) is 17.7 Å². The zero-order valence-electron chi connectivity index (χ0n) is 17.8.